The van der Waals surface area contributed by atoms with Crippen LogP contribution in [0.25, 0.3) is 0 Å². The molecule has 3 aromatic rings. The summed E-state index contributed by atoms with van der Waals surface area (Å²) in [4.78, 5) is 19.6. The fourth-order valence-corrected chi connectivity index (χ4v) is 4.20. The quantitative estimate of drug-likeness (QED) is 0.579. The van der Waals surface area contributed by atoms with Crippen molar-refractivity contribution in [3.05, 3.63) is 95.1 Å². The molecule has 0 saturated carbocycles. The van der Waals surface area contributed by atoms with Gasteiger partial charge < -0.3 is 9.64 Å². The highest BCUT2D eigenvalue weighted by Crippen LogP contribution is 2.27. The molecule has 1 aromatic heterocycles. The highest BCUT2D eigenvalue weighted by molar-refractivity contribution is 5.79. The summed E-state index contributed by atoms with van der Waals surface area (Å²) in [7, 11) is 1.68. The van der Waals surface area contributed by atoms with Crippen molar-refractivity contribution in [3.8, 4) is 5.75 Å². The molecule has 1 amide bonds. The molecule has 1 unspecified atom stereocenters. The summed E-state index contributed by atoms with van der Waals surface area (Å²) >= 11 is 0. The number of carbonyl (C=O) groups is 1. The van der Waals surface area contributed by atoms with E-state index in [1.807, 2.05) is 35.2 Å². The summed E-state index contributed by atoms with van der Waals surface area (Å²) in [5.41, 5.74) is 3.98. The Kier molecular flexibility index (Phi) is 6.60. The second kappa shape index (κ2) is 9.73. The van der Waals surface area contributed by atoms with Gasteiger partial charge in [0.05, 0.1) is 13.5 Å². The lowest BCUT2D eigenvalue weighted by Crippen LogP contribution is -2.40. The Hall–Kier alpha value is -3.21. The van der Waals surface area contributed by atoms with Gasteiger partial charge in [-0.2, -0.15) is 0 Å². The first kappa shape index (κ1) is 21.0. The van der Waals surface area contributed by atoms with Gasteiger partial charge in [0.1, 0.15) is 11.6 Å². The average Bonchev–Trinajstić information content (AvgIpc) is 2.81. The molecule has 5 heteroatoms. The zero-order valence-corrected chi connectivity index (χ0v) is 17.8. The van der Waals surface area contributed by atoms with E-state index >= 15 is 0 Å². The molecular formula is C26H27FN2O2. The lowest BCUT2D eigenvalue weighted by atomic mass is 9.93. The zero-order chi connectivity index (χ0) is 21.6. The van der Waals surface area contributed by atoms with Crippen LogP contribution in [0.5, 0.6) is 5.75 Å². The molecule has 31 heavy (non-hydrogen) atoms. The van der Waals surface area contributed by atoms with Crippen molar-refractivity contribution in [1.29, 1.82) is 0 Å². The number of halogens is 1. The van der Waals surface area contributed by atoms with Crippen molar-refractivity contribution in [2.45, 2.75) is 31.6 Å². The van der Waals surface area contributed by atoms with Crippen molar-refractivity contribution < 1.29 is 13.9 Å². The number of para-hydroxylation sites is 1. The molecule has 0 N–H and O–H groups in total. The van der Waals surface area contributed by atoms with E-state index in [1.54, 1.807) is 19.2 Å². The van der Waals surface area contributed by atoms with E-state index < -0.39 is 0 Å². The van der Waals surface area contributed by atoms with Crippen LogP contribution in [0.3, 0.4) is 0 Å². The van der Waals surface area contributed by atoms with E-state index in [1.165, 1.54) is 12.1 Å². The number of amides is 1. The topological polar surface area (TPSA) is 42.4 Å². The Morgan fingerprint density at radius 2 is 1.90 bits per heavy atom. The second-order valence-electron chi connectivity index (χ2n) is 8.02. The number of hydrogen-bond donors (Lipinski definition) is 0. The number of nitrogens with zero attached hydrogens (tertiary/aromatic N) is 2. The number of benzene rings is 2. The Balaban J connectivity index is 1.44. The van der Waals surface area contributed by atoms with Gasteiger partial charge in [-0.1, -0.05) is 36.4 Å². The summed E-state index contributed by atoms with van der Waals surface area (Å²) in [6.45, 7) is 1.43. The van der Waals surface area contributed by atoms with E-state index in [0.717, 1.165) is 47.7 Å². The summed E-state index contributed by atoms with van der Waals surface area (Å²) in [6, 6.07) is 20.3. The maximum absolute atomic E-state index is 13.1. The Bertz CT molecular complexity index is 1040. The molecule has 1 atom stereocenters. The predicted octanol–water partition coefficient (Wildman–Crippen LogP) is 4.77. The normalized spacial score (nSPS) is 16.2. The minimum absolute atomic E-state index is 0.0847. The van der Waals surface area contributed by atoms with Crippen LogP contribution < -0.4 is 4.74 Å². The first-order valence-corrected chi connectivity index (χ1v) is 10.7. The van der Waals surface area contributed by atoms with Crippen LogP contribution in [0.15, 0.2) is 66.7 Å². The molecular weight excluding hydrogens is 391 g/mol. The first-order valence-electron chi connectivity index (χ1n) is 10.7. The Morgan fingerprint density at radius 1 is 1.10 bits per heavy atom. The van der Waals surface area contributed by atoms with Crippen LogP contribution >= 0.6 is 0 Å². The van der Waals surface area contributed by atoms with E-state index in [0.29, 0.717) is 19.4 Å². The monoisotopic (exact) mass is 418 g/mol. The van der Waals surface area contributed by atoms with Crippen LogP contribution in [-0.2, 0) is 17.6 Å². The minimum atomic E-state index is -0.284. The molecule has 160 valence electrons. The SMILES string of the molecule is COc1ccccc1Cc1cccc(C2CCCN(C(=O)Cc3ccc(F)cc3)C2)n1. The van der Waals surface area contributed by atoms with Gasteiger partial charge in [0.25, 0.3) is 0 Å². The van der Waals surface area contributed by atoms with Crippen LogP contribution in [-0.4, -0.2) is 36.0 Å². The number of ether oxygens (including phenoxy) is 1. The summed E-state index contributed by atoms with van der Waals surface area (Å²) < 4.78 is 18.6. The van der Waals surface area contributed by atoms with E-state index in [2.05, 4.69) is 12.1 Å². The summed E-state index contributed by atoms with van der Waals surface area (Å²) in [5.74, 6) is 0.892. The molecule has 0 spiro atoms. The number of carbonyl (C=O) groups excluding carboxylic acids is 1. The number of hydrogen-bond acceptors (Lipinski definition) is 3. The van der Waals surface area contributed by atoms with Crippen molar-refractivity contribution in [2.75, 3.05) is 20.2 Å². The van der Waals surface area contributed by atoms with Crippen LogP contribution in [0, 0.1) is 5.82 Å². The molecule has 1 saturated heterocycles. The predicted molar refractivity (Wildman–Crippen MR) is 119 cm³/mol. The molecule has 1 fully saturated rings. The number of pyridine rings is 1. The molecule has 0 aliphatic carbocycles. The fourth-order valence-electron chi connectivity index (χ4n) is 4.20. The molecule has 2 heterocycles. The lowest BCUT2D eigenvalue weighted by Gasteiger charge is -2.32. The molecule has 0 bridgehead atoms. The number of aromatic nitrogens is 1. The van der Waals surface area contributed by atoms with Gasteiger partial charge >= 0.3 is 0 Å². The number of methoxy groups -OCH3 is 1. The summed E-state index contributed by atoms with van der Waals surface area (Å²) in [6.07, 6.45) is 2.98. The number of likely N-dealkylation sites (tertiary alicyclic amines) is 1. The Labute approximate surface area is 182 Å². The highest BCUT2D eigenvalue weighted by atomic mass is 19.1. The third-order valence-corrected chi connectivity index (χ3v) is 5.85. The average molecular weight is 419 g/mol. The standard InChI is InChI=1S/C26H27FN2O2/c1-31-25-10-3-2-6-20(25)17-23-8-4-9-24(28-23)21-7-5-15-29(18-21)26(30)16-19-11-13-22(27)14-12-19/h2-4,6,8-14,21H,5,7,15-18H2,1H3. The largest absolute Gasteiger partial charge is 0.496 e. The minimum Gasteiger partial charge on any atom is -0.496 e. The number of rotatable bonds is 6. The van der Waals surface area contributed by atoms with E-state index in [-0.39, 0.29) is 17.6 Å². The van der Waals surface area contributed by atoms with Gasteiger partial charge in [-0.05, 0) is 48.7 Å². The highest BCUT2D eigenvalue weighted by Gasteiger charge is 2.25. The van der Waals surface area contributed by atoms with Crippen molar-refractivity contribution in [2.24, 2.45) is 0 Å². The smallest absolute Gasteiger partial charge is 0.227 e. The molecule has 2 aromatic carbocycles. The third kappa shape index (κ3) is 5.29. The van der Waals surface area contributed by atoms with Crippen molar-refractivity contribution >= 4 is 5.91 Å². The van der Waals surface area contributed by atoms with Gasteiger partial charge in [0, 0.05) is 42.4 Å². The summed E-state index contributed by atoms with van der Waals surface area (Å²) in [5, 5.41) is 0. The second-order valence-corrected chi connectivity index (χ2v) is 8.02. The lowest BCUT2D eigenvalue weighted by molar-refractivity contribution is -0.131. The molecule has 4 nitrogen and oxygen atoms in total. The molecule has 4 rings (SSSR count). The van der Waals surface area contributed by atoms with Crippen LogP contribution in [0.4, 0.5) is 4.39 Å². The van der Waals surface area contributed by atoms with Gasteiger partial charge in [-0.15, -0.1) is 0 Å². The van der Waals surface area contributed by atoms with Crippen LogP contribution in [0.1, 0.15) is 41.3 Å². The first-order chi connectivity index (χ1) is 15.1. The molecule has 1 aliphatic rings. The maximum Gasteiger partial charge on any atom is 0.227 e. The van der Waals surface area contributed by atoms with E-state index in [9.17, 15) is 9.18 Å². The van der Waals surface area contributed by atoms with E-state index in [4.69, 9.17) is 9.72 Å². The fraction of sp³-hybridized carbons (Fsp3) is 0.308. The van der Waals surface area contributed by atoms with Crippen molar-refractivity contribution in [1.82, 2.24) is 9.88 Å². The van der Waals surface area contributed by atoms with Crippen molar-refractivity contribution in [3.63, 3.8) is 0 Å². The zero-order valence-electron chi connectivity index (χ0n) is 17.8. The van der Waals surface area contributed by atoms with Crippen LogP contribution in [0.2, 0.25) is 0 Å². The van der Waals surface area contributed by atoms with Gasteiger partial charge in [0.15, 0.2) is 0 Å². The molecule has 0 radical (unpaired) electrons. The van der Waals surface area contributed by atoms with Gasteiger partial charge in [0.2, 0.25) is 5.91 Å². The maximum atomic E-state index is 13.1. The Morgan fingerprint density at radius 3 is 2.71 bits per heavy atom. The number of piperidine rings is 1. The third-order valence-electron chi connectivity index (χ3n) is 5.85. The van der Waals surface area contributed by atoms with Gasteiger partial charge in [-0.3, -0.25) is 9.78 Å². The molecule has 1 aliphatic heterocycles. The van der Waals surface area contributed by atoms with Gasteiger partial charge in [-0.25, -0.2) is 4.39 Å².